The summed E-state index contributed by atoms with van der Waals surface area (Å²) in [6, 6.07) is 0. The minimum Gasteiger partial charge on any atom is -0.388 e. The molecule has 0 aliphatic heterocycles. The molecule has 5 unspecified atom stereocenters. The summed E-state index contributed by atoms with van der Waals surface area (Å²) in [6.07, 6.45) is 8.68. The van der Waals surface area contributed by atoms with E-state index in [0.29, 0.717) is 25.7 Å². The van der Waals surface area contributed by atoms with E-state index in [0.717, 1.165) is 18.4 Å². The molecular formula is C20H26O5. The molecule has 3 saturated carbocycles. The van der Waals surface area contributed by atoms with Crippen LogP contribution in [0.1, 0.15) is 45.4 Å². The molecule has 3 fully saturated rings. The Bertz CT molecular complexity index is 694. The maximum Gasteiger partial charge on any atom is 0.190 e. The van der Waals surface area contributed by atoms with Gasteiger partial charge in [-0.3, -0.25) is 9.59 Å². The number of carbonyl (C=O) groups excluding carboxylic acids is 2. The Hall–Kier alpha value is -1.30. The number of aliphatic hydroxyl groups is 3. The molecule has 6 atom stereocenters. The van der Waals surface area contributed by atoms with Crippen molar-refractivity contribution in [2.24, 2.45) is 23.2 Å². The van der Waals surface area contributed by atoms with E-state index in [4.69, 9.17) is 0 Å². The van der Waals surface area contributed by atoms with E-state index in [1.54, 1.807) is 12.2 Å². The molecule has 0 heterocycles. The Morgan fingerprint density at radius 3 is 2.64 bits per heavy atom. The highest BCUT2D eigenvalue weighted by atomic mass is 16.3. The molecule has 5 heteroatoms. The van der Waals surface area contributed by atoms with E-state index in [2.05, 4.69) is 0 Å². The van der Waals surface area contributed by atoms with Crippen molar-refractivity contribution in [3.8, 4) is 0 Å². The maximum atomic E-state index is 12.3. The van der Waals surface area contributed by atoms with Crippen LogP contribution in [-0.4, -0.2) is 44.7 Å². The highest BCUT2D eigenvalue weighted by molar-refractivity contribution is 6.01. The second kappa shape index (κ2) is 5.35. The van der Waals surface area contributed by atoms with Crippen LogP contribution in [0.3, 0.4) is 0 Å². The first-order valence-electron chi connectivity index (χ1n) is 9.29. The van der Waals surface area contributed by atoms with Gasteiger partial charge in [0.2, 0.25) is 0 Å². The molecule has 0 aromatic heterocycles. The van der Waals surface area contributed by atoms with Gasteiger partial charge in [0.1, 0.15) is 17.8 Å². The van der Waals surface area contributed by atoms with Crippen LogP contribution in [0.4, 0.5) is 0 Å². The van der Waals surface area contributed by atoms with E-state index in [-0.39, 0.29) is 23.5 Å². The highest BCUT2D eigenvalue weighted by Gasteiger charge is 2.66. The van der Waals surface area contributed by atoms with Crippen LogP contribution in [-0.2, 0) is 9.59 Å². The first-order chi connectivity index (χ1) is 11.8. The zero-order valence-corrected chi connectivity index (χ0v) is 14.6. The Morgan fingerprint density at radius 2 is 1.92 bits per heavy atom. The first kappa shape index (κ1) is 17.1. The fraction of sp³-hybridized carbons (Fsp3) is 0.700. The number of hydrogen-bond acceptors (Lipinski definition) is 5. The molecule has 0 radical (unpaired) electrons. The Balaban J connectivity index is 1.69. The van der Waals surface area contributed by atoms with Crippen molar-refractivity contribution in [2.45, 2.75) is 56.7 Å². The highest BCUT2D eigenvalue weighted by Crippen LogP contribution is 2.65. The third-order valence-electron chi connectivity index (χ3n) is 7.84. The Labute approximate surface area is 147 Å². The number of aliphatic hydroxyl groups excluding tert-OH is 1. The first-order valence-corrected chi connectivity index (χ1v) is 9.29. The van der Waals surface area contributed by atoms with Crippen LogP contribution in [0.15, 0.2) is 23.8 Å². The topological polar surface area (TPSA) is 94.8 Å². The van der Waals surface area contributed by atoms with Crippen molar-refractivity contribution >= 4 is 11.6 Å². The molecule has 0 aromatic carbocycles. The van der Waals surface area contributed by atoms with Crippen molar-refractivity contribution in [1.29, 1.82) is 0 Å². The largest absolute Gasteiger partial charge is 0.388 e. The van der Waals surface area contributed by atoms with E-state index >= 15 is 0 Å². The van der Waals surface area contributed by atoms with Crippen molar-refractivity contribution in [3.63, 3.8) is 0 Å². The standard InChI is InChI=1S/C20H26O5/c1-18-7-5-16-14(15(18)6-9-20(18,25)17(23)11-21)3-2-12-10-13(22)4-8-19(12,16)24/h4,8,10,14-16,21,24-25H,2-3,5-7,9,11H2,1H3/t14?,15?,16?,18?,19?,20-/m0/s1. The summed E-state index contributed by atoms with van der Waals surface area (Å²) in [7, 11) is 0. The molecular weight excluding hydrogens is 320 g/mol. The summed E-state index contributed by atoms with van der Waals surface area (Å²) in [6.45, 7) is 1.35. The lowest BCUT2D eigenvalue weighted by Crippen LogP contribution is -2.59. The Kier molecular flexibility index (Phi) is 3.67. The van der Waals surface area contributed by atoms with E-state index in [1.807, 2.05) is 6.92 Å². The van der Waals surface area contributed by atoms with Gasteiger partial charge in [-0.2, -0.15) is 0 Å². The fourth-order valence-corrected chi connectivity index (χ4v) is 6.45. The quantitative estimate of drug-likeness (QED) is 0.701. The van der Waals surface area contributed by atoms with Gasteiger partial charge in [0.25, 0.3) is 0 Å². The minimum absolute atomic E-state index is 0.0153. The van der Waals surface area contributed by atoms with Crippen molar-refractivity contribution in [2.75, 3.05) is 6.61 Å². The molecule has 0 saturated heterocycles. The second-order valence-corrected chi connectivity index (χ2v) is 8.58. The predicted octanol–water partition coefficient (Wildman–Crippen LogP) is 1.31. The van der Waals surface area contributed by atoms with Gasteiger partial charge >= 0.3 is 0 Å². The lowest BCUT2D eigenvalue weighted by atomic mass is 9.49. The number of fused-ring (bicyclic) bond motifs is 5. The molecule has 3 N–H and O–H groups in total. The van der Waals surface area contributed by atoms with Crippen LogP contribution in [0, 0.1) is 23.2 Å². The summed E-state index contributed by atoms with van der Waals surface area (Å²) in [5, 5.41) is 31.7. The number of rotatable bonds is 2. The fourth-order valence-electron chi connectivity index (χ4n) is 6.45. The van der Waals surface area contributed by atoms with Crippen LogP contribution in [0.25, 0.3) is 0 Å². The SMILES string of the molecule is CC12CCC3C(CCC4=CC(=O)C=CC43O)C1CC[C@]2(O)C(=O)CO. The van der Waals surface area contributed by atoms with Crippen LogP contribution < -0.4 is 0 Å². The number of carbonyl (C=O) groups is 2. The molecule has 0 bridgehead atoms. The molecule has 0 spiro atoms. The summed E-state index contributed by atoms with van der Waals surface area (Å²) in [5.74, 6) is -0.180. The lowest BCUT2D eigenvalue weighted by Gasteiger charge is -2.56. The summed E-state index contributed by atoms with van der Waals surface area (Å²) < 4.78 is 0. The van der Waals surface area contributed by atoms with Crippen LogP contribution in [0.5, 0.6) is 0 Å². The molecule has 0 aromatic rings. The van der Waals surface area contributed by atoms with Crippen molar-refractivity contribution in [1.82, 2.24) is 0 Å². The van der Waals surface area contributed by atoms with Gasteiger partial charge < -0.3 is 15.3 Å². The zero-order valence-electron chi connectivity index (χ0n) is 14.6. The van der Waals surface area contributed by atoms with Gasteiger partial charge in [-0.1, -0.05) is 6.92 Å². The maximum absolute atomic E-state index is 12.3. The number of allylic oxidation sites excluding steroid dienone is 2. The van der Waals surface area contributed by atoms with Crippen LogP contribution >= 0.6 is 0 Å². The monoisotopic (exact) mass is 346 g/mol. The van der Waals surface area contributed by atoms with Gasteiger partial charge in [-0.25, -0.2) is 0 Å². The van der Waals surface area contributed by atoms with Gasteiger partial charge in [-0.05, 0) is 80.1 Å². The summed E-state index contributed by atoms with van der Waals surface area (Å²) in [5.41, 5.74) is -2.28. The summed E-state index contributed by atoms with van der Waals surface area (Å²) >= 11 is 0. The molecule has 0 amide bonds. The van der Waals surface area contributed by atoms with E-state index in [1.165, 1.54) is 6.08 Å². The minimum atomic E-state index is -1.46. The molecule has 25 heavy (non-hydrogen) atoms. The predicted molar refractivity (Wildman–Crippen MR) is 90.5 cm³/mol. The summed E-state index contributed by atoms with van der Waals surface area (Å²) in [4.78, 5) is 24.0. The normalized spacial score (nSPS) is 48.4. The molecule has 4 aliphatic rings. The zero-order chi connectivity index (χ0) is 18.0. The number of Topliss-reactive ketones (excluding diaryl/α,β-unsaturated/α-hetero) is 1. The average Bonchev–Trinajstić information content (AvgIpc) is 2.87. The Morgan fingerprint density at radius 1 is 1.20 bits per heavy atom. The lowest BCUT2D eigenvalue weighted by molar-refractivity contribution is -0.166. The number of ketones is 2. The average molecular weight is 346 g/mol. The molecule has 4 rings (SSSR count). The third kappa shape index (κ3) is 2.06. The molecule has 136 valence electrons. The van der Waals surface area contributed by atoms with Crippen molar-refractivity contribution in [3.05, 3.63) is 23.8 Å². The van der Waals surface area contributed by atoms with Crippen LogP contribution in [0.2, 0.25) is 0 Å². The third-order valence-corrected chi connectivity index (χ3v) is 7.84. The van der Waals surface area contributed by atoms with Gasteiger partial charge in [0.05, 0.1) is 0 Å². The van der Waals surface area contributed by atoms with E-state index < -0.39 is 29.0 Å². The van der Waals surface area contributed by atoms with E-state index in [9.17, 15) is 24.9 Å². The van der Waals surface area contributed by atoms with Gasteiger partial charge in [0.15, 0.2) is 11.6 Å². The smallest absolute Gasteiger partial charge is 0.190 e. The second-order valence-electron chi connectivity index (χ2n) is 8.58. The number of hydrogen-bond donors (Lipinski definition) is 3. The molecule has 5 nitrogen and oxygen atoms in total. The van der Waals surface area contributed by atoms with Gasteiger partial charge in [0, 0.05) is 5.41 Å². The molecule has 4 aliphatic carbocycles. The van der Waals surface area contributed by atoms with Gasteiger partial charge in [-0.15, -0.1) is 0 Å². The van der Waals surface area contributed by atoms with Crippen molar-refractivity contribution < 1.29 is 24.9 Å².